The van der Waals surface area contributed by atoms with E-state index in [1.807, 2.05) is 24.3 Å². The number of methoxy groups -OCH3 is 1. The molecule has 0 amide bonds. The summed E-state index contributed by atoms with van der Waals surface area (Å²) >= 11 is 0. The number of hydrogen-bond donors (Lipinski definition) is 0. The van der Waals surface area contributed by atoms with Crippen LogP contribution in [0.2, 0.25) is 0 Å². The van der Waals surface area contributed by atoms with Crippen LogP contribution in [0.1, 0.15) is 18.4 Å². The van der Waals surface area contributed by atoms with E-state index in [0.29, 0.717) is 25.4 Å². The zero-order valence-corrected chi connectivity index (χ0v) is 14.3. The summed E-state index contributed by atoms with van der Waals surface area (Å²) in [4.78, 5) is 12.3. The molecule has 7 heteroatoms. The van der Waals surface area contributed by atoms with Gasteiger partial charge in [-0.3, -0.25) is 4.79 Å². The summed E-state index contributed by atoms with van der Waals surface area (Å²) in [6.45, 7) is 1.37. The molecule has 0 saturated carbocycles. The zero-order chi connectivity index (χ0) is 17.2. The number of pyridine rings is 1. The van der Waals surface area contributed by atoms with Gasteiger partial charge in [-0.05, 0) is 36.6 Å². The maximum Gasteiger partial charge on any atom is 0.250 e. The lowest BCUT2D eigenvalue weighted by Gasteiger charge is -2.16. The maximum absolute atomic E-state index is 12.6. The second kappa shape index (κ2) is 6.78. The van der Waals surface area contributed by atoms with Gasteiger partial charge in [0.25, 0.3) is 5.56 Å². The smallest absolute Gasteiger partial charge is 0.250 e. The lowest BCUT2D eigenvalue weighted by atomic mass is 10.2. The van der Waals surface area contributed by atoms with E-state index >= 15 is 0 Å². The molecule has 0 spiro atoms. The Morgan fingerprint density at radius 2 is 1.88 bits per heavy atom. The van der Waals surface area contributed by atoms with Crippen LogP contribution in [0.25, 0.3) is 0 Å². The normalized spacial score (nSPS) is 15.5. The minimum absolute atomic E-state index is 0.159. The van der Waals surface area contributed by atoms with Crippen LogP contribution in [-0.2, 0) is 16.6 Å². The summed E-state index contributed by atoms with van der Waals surface area (Å²) in [5.41, 5.74) is 0.630. The number of benzene rings is 1. The van der Waals surface area contributed by atoms with Crippen molar-refractivity contribution in [3.8, 4) is 5.75 Å². The van der Waals surface area contributed by atoms with Gasteiger partial charge in [0, 0.05) is 25.4 Å². The third kappa shape index (κ3) is 3.37. The highest BCUT2D eigenvalue weighted by Gasteiger charge is 2.27. The van der Waals surface area contributed by atoms with E-state index < -0.39 is 10.0 Å². The van der Waals surface area contributed by atoms with E-state index in [0.717, 1.165) is 18.4 Å². The summed E-state index contributed by atoms with van der Waals surface area (Å²) in [5.74, 6) is 0.696. The minimum atomic E-state index is -3.53. The molecule has 3 rings (SSSR count). The summed E-state index contributed by atoms with van der Waals surface area (Å²) < 4.78 is 33.4. The van der Waals surface area contributed by atoms with Crippen molar-refractivity contribution in [3.63, 3.8) is 0 Å². The Morgan fingerprint density at radius 3 is 2.58 bits per heavy atom. The van der Waals surface area contributed by atoms with Crippen LogP contribution in [0.3, 0.4) is 0 Å². The number of nitrogens with zero attached hydrogens (tertiary/aromatic N) is 2. The minimum Gasteiger partial charge on any atom is -0.497 e. The van der Waals surface area contributed by atoms with Crippen molar-refractivity contribution in [3.05, 3.63) is 58.5 Å². The monoisotopic (exact) mass is 348 g/mol. The van der Waals surface area contributed by atoms with Crippen molar-refractivity contribution >= 4 is 10.0 Å². The molecule has 1 saturated heterocycles. The quantitative estimate of drug-likeness (QED) is 0.825. The van der Waals surface area contributed by atoms with Crippen LogP contribution in [0.4, 0.5) is 0 Å². The molecule has 0 aliphatic carbocycles. The van der Waals surface area contributed by atoms with Gasteiger partial charge in [-0.15, -0.1) is 0 Å². The Labute approximate surface area is 141 Å². The predicted molar refractivity (Wildman–Crippen MR) is 90.8 cm³/mol. The first kappa shape index (κ1) is 16.7. The summed E-state index contributed by atoms with van der Waals surface area (Å²) in [6, 6.07) is 10.1. The summed E-state index contributed by atoms with van der Waals surface area (Å²) in [5, 5.41) is 0. The Bertz CT molecular complexity index is 883. The van der Waals surface area contributed by atoms with Gasteiger partial charge in [0.1, 0.15) is 5.75 Å². The first-order valence-corrected chi connectivity index (χ1v) is 9.28. The van der Waals surface area contributed by atoms with Gasteiger partial charge in [-0.2, -0.15) is 4.31 Å². The average Bonchev–Trinajstić information content (AvgIpc) is 3.12. The standard InChI is InChI=1S/C17H20N2O4S/c1-23-15-6-4-5-14(11-15)12-18-13-16(7-8-17(18)20)24(21,22)19-9-2-3-10-19/h4-8,11,13H,2-3,9-10,12H2,1H3. The molecule has 0 radical (unpaired) electrons. The fourth-order valence-corrected chi connectivity index (χ4v) is 4.37. The van der Waals surface area contributed by atoms with Gasteiger partial charge in [0.15, 0.2) is 0 Å². The number of aromatic nitrogens is 1. The molecular weight excluding hydrogens is 328 g/mol. The van der Waals surface area contributed by atoms with Gasteiger partial charge in [-0.1, -0.05) is 12.1 Å². The molecule has 0 atom stereocenters. The fraction of sp³-hybridized carbons (Fsp3) is 0.353. The van der Waals surface area contributed by atoms with Crippen molar-refractivity contribution in [2.75, 3.05) is 20.2 Å². The second-order valence-corrected chi connectivity index (χ2v) is 7.73. The van der Waals surface area contributed by atoms with Crippen molar-refractivity contribution in [2.24, 2.45) is 0 Å². The first-order valence-electron chi connectivity index (χ1n) is 7.84. The van der Waals surface area contributed by atoms with Crippen molar-refractivity contribution in [1.82, 2.24) is 8.87 Å². The van der Waals surface area contributed by atoms with Crippen molar-refractivity contribution < 1.29 is 13.2 Å². The van der Waals surface area contributed by atoms with E-state index in [1.165, 1.54) is 27.2 Å². The van der Waals surface area contributed by atoms with E-state index in [1.54, 1.807) is 7.11 Å². The molecule has 6 nitrogen and oxygen atoms in total. The van der Waals surface area contributed by atoms with E-state index in [-0.39, 0.29) is 10.5 Å². The highest BCUT2D eigenvalue weighted by Crippen LogP contribution is 2.20. The number of ether oxygens (including phenoxy) is 1. The number of hydrogen-bond acceptors (Lipinski definition) is 4. The highest BCUT2D eigenvalue weighted by molar-refractivity contribution is 7.89. The molecule has 24 heavy (non-hydrogen) atoms. The molecule has 1 aromatic heterocycles. The highest BCUT2D eigenvalue weighted by atomic mass is 32.2. The lowest BCUT2D eigenvalue weighted by molar-refractivity contribution is 0.414. The number of rotatable bonds is 5. The molecule has 1 fully saturated rings. The average molecular weight is 348 g/mol. The number of sulfonamides is 1. The Balaban J connectivity index is 1.93. The third-order valence-electron chi connectivity index (χ3n) is 4.15. The Morgan fingerprint density at radius 1 is 1.12 bits per heavy atom. The van der Waals surface area contributed by atoms with Crippen molar-refractivity contribution in [1.29, 1.82) is 0 Å². The van der Waals surface area contributed by atoms with Gasteiger partial charge < -0.3 is 9.30 Å². The maximum atomic E-state index is 12.6. The second-order valence-electron chi connectivity index (χ2n) is 5.79. The lowest BCUT2D eigenvalue weighted by Crippen LogP contribution is -2.29. The van der Waals surface area contributed by atoms with E-state index in [9.17, 15) is 13.2 Å². The van der Waals surface area contributed by atoms with Gasteiger partial charge in [0.05, 0.1) is 18.6 Å². The largest absolute Gasteiger partial charge is 0.497 e. The van der Waals surface area contributed by atoms with Crippen LogP contribution in [0.15, 0.2) is 52.3 Å². The molecule has 0 unspecified atom stereocenters. The van der Waals surface area contributed by atoms with E-state index in [4.69, 9.17) is 4.74 Å². The topological polar surface area (TPSA) is 68.6 Å². The molecule has 128 valence electrons. The third-order valence-corrected chi connectivity index (χ3v) is 6.03. The van der Waals surface area contributed by atoms with E-state index in [2.05, 4.69) is 0 Å². The summed E-state index contributed by atoms with van der Waals surface area (Å²) in [7, 11) is -1.96. The Hall–Kier alpha value is -2.12. The molecule has 0 N–H and O–H groups in total. The molecule has 1 aliphatic rings. The van der Waals surface area contributed by atoms with Crippen LogP contribution >= 0.6 is 0 Å². The summed E-state index contributed by atoms with van der Waals surface area (Å²) in [6.07, 6.45) is 3.18. The molecule has 2 aromatic rings. The first-order chi connectivity index (χ1) is 11.5. The predicted octanol–water partition coefficient (Wildman–Crippen LogP) is 1.69. The van der Waals surface area contributed by atoms with Crippen LogP contribution < -0.4 is 10.3 Å². The van der Waals surface area contributed by atoms with Gasteiger partial charge in [-0.25, -0.2) is 8.42 Å². The molecule has 1 aliphatic heterocycles. The molecular formula is C17H20N2O4S. The van der Waals surface area contributed by atoms with Crippen molar-refractivity contribution in [2.45, 2.75) is 24.3 Å². The molecule has 2 heterocycles. The Kier molecular flexibility index (Phi) is 4.73. The fourth-order valence-electron chi connectivity index (χ4n) is 2.83. The van der Waals surface area contributed by atoms with Crippen LogP contribution in [0.5, 0.6) is 5.75 Å². The van der Waals surface area contributed by atoms with Crippen LogP contribution in [0, 0.1) is 0 Å². The van der Waals surface area contributed by atoms with Gasteiger partial charge >= 0.3 is 0 Å². The zero-order valence-electron chi connectivity index (χ0n) is 13.5. The SMILES string of the molecule is COc1cccc(Cn2cc(S(=O)(=O)N3CCCC3)ccc2=O)c1. The van der Waals surface area contributed by atoms with Crippen LogP contribution in [-0.4, -0.2) is 37.5 Å². The molecule has 1 aromatic carbocycles. The van der Waals surface area contributed by atoms with Gasteiger partial charge in [0.2, 0.25) is 10.0 Å². The molecule has 0 bridgehead atoms.